The fourth-order valence-corrected chi connectivity index (χ4v) is 1.32. The van der Waals surface area contributed by atoms with Gasteiger partial charge in [0, 0.05) is 6.08 Å². The number of nitrogens with one attached hydrogen (secondary N) is 1. The van der Waals surface area contributed by atoms with Gasteiger partial charge in [-0.1, -0.05) is 19.4 Å². The lowest BCUT2D eigenvalue weighted by molar-refractivity contribution is -0.159. The molecule has 1 atom stereocenters. The van der Waals surface area contributed by atoms with Crippen LogP contribution in [0.3, 0.4) is 0 Å². The Morgan fingerprint density at radius 1 is 1.17 bits per heavy atom. The molecule has 0 saturated heterocycles. The summed E-state index contributed by atoms with van der Waals surface area (Å²) in [4.78, 5) is 23.6. The third-order valence-electron chi connectivity index (χ3n) is 2.04. The molecular formula is C14H25NO3. The molecule has 0 aliphatic heterocycles. The molecule has 1 N–H and O–H groups in total. The summed E-state index contributed by atoms with van der Waals surface area (Å²) in [7, 11) is 0. The van der Waals surface area contributed by atoms with Crippen molar-refractivity contribution in [3.05, 3.63) is 11.6 Å². The SMILES string of the molecule is CC(C)=CC(=O)N[C@H](C(=O)OC(C)(C)C)C(C)C. The maximum Gasteiger partial charge on any atom is 0.329 e. The number of allylic oxidation sites excluding steroid dienone is 1. The molecule has 0 aliphatic carbocycles. The predicted molar refractivity (Wildman–Crippen MR) is 72.0 cm³/mol. The number of hydrogen-bond acceptors (Lipinski definition) is 3. The van der Waals surface area contributed by atoms with E-state index in [9.17, 15) is 9.59 Å². The second kappa shape index (κ2) is 6.57. The van der Waals surface area contributed by atoms with E-state index in [2.05, 4.69) is 5.32 Å². The Balaban J connectivity index is 4.73. The molecule has 0 aromatic carbocycles. The Labute approximate surface area is 110 Å². The molecule has 18 heavy (non-hydrogen) atoms. The van der Waals surface area contributed by atoms with Crippen LogP contribution in [0.4, 0.5) is 0 Å². The van der Waals surface area contributed by atoms with Crippen molar-refractivity contribution < 1.29 is 14.3 Å². The van der Waals surface area contributed by atoms with E-state index in [1.54, 1.807) is 20.8 Å². The molecule has 0 saturated carbocycles. The van der Waals surface area contributed by atoms with Gasteiger partial charge >= 0.3 is 5.97 Å². The average molecular weight is 255 g/mol. The summed E-state index contributed by atoms with van der Waals surface area (Å²) < 4.78 is 5.29. The van der Waals surface area contributed by atoms with E-state index in [4.69, 9.17) is 4.74 Å². The zero-order valence-electron chi connectivity index (χ0n) is 12.5. The van der Waals surface area contributed by atoms with E-state index in [0.29, 0.717) is 0 Å². The highest BCUT2D eigenvalue weighted by Crippen LogP contribution is 2.12. The van der Waals surface area contributed by atoms with Crippen LogP contribution in [0.1, 0.15) is 48.5 Å². The van der Waals surface area contributed by atoms with Gasteiger partial charge in [-0.2, -0.15) is 0 Å². The summed E-state index contributed by atoms with van der Waals surface area (Å²) in [5, 5.41) is 2.68. The van der Waals surface area contributed by atoms with Crippen molar-refractivity contribution >= 4 is 11.9 Å². The van der Waals surface area contributed by atoms with Gasteiger partial charge < -0.3 is 10.1 Å². The van der Waals surface area contributed by atoms with Gasteiger partial charge in [0.1, 0.15) is 11.6 Å². The van der Waals surface area contributed by atoms with Crippen molar-refractivity contribution in [3.8, 4) is 0 Å². The van der Waals surface area contributed by atoms with Crippen LogP contribution >= 0.6 is 0 Å². The zero-order valence-corrected chi connectivity index (χ0v) is 12.5. The van der Waals surface area contributed by atoms with Crippen LogP contribution in [0, 0.1) is 5.92 Å². The lowest BCUT2D eigenvalue weighted by atomic mass is 10.0. The predicted octanol–water partition coefficient (Wildman–Crippen LogP) is 2.44. The second-order valence-corrected chi connectivity index (χ2v) is 5.99. The molecular weight excluding hydrogens is 230 g/mol. The van der Waals surface area contributed by atoms with Crippen LogP contribution in [-0.2, 0) is 14.3 Å². The average Bonchev–Trinajstić information content (AvgIpc) is 2.09. The molecule has 104 valence electrons. The molecule has 0 heterocycles. The van der Waals surface area contributed by atoms with Gasteiger partial charge in [-0.15, -0.1) is 0 Å². The second-order valence-electron chi connectivity index (χ2n) is 5.99. The first-order chi connectivity index (χ1) is 8.03. The third kappa shape index (κ3) is 7.09. The number of esters is 1. The molecule has 4 heteroatoms. The molecule has 0 aromatic heterocycles. The number of carbonyl (C=O) groups is 2. The molecule has 1 amide bonds. The Morgan fingerprint density at radius 2 is 1.67 bits per heavy atom. The number of ether oxygens (including phenoxy) is 1. The maximum absolute atomic E-state index is 12.0. The monoisotopic (exact) mass is 255 g/mol. The molecule has 0 aromatic rings. The van der Waals surface area contributed by atoms with E-state index < -0.39 is 17.6 Å². The summed E-state index contributed by atoms with van der Waals surface area (Å²) in [5.74, 6) is -0.679. The highest BCUT2D eigenvalue weighted by Gasteiger charge is 2.28. The minimum Gasteiger partial charge on any atom is -0.458 e. The van der Waals surface area contributed by atoms with Gasteiger partial charge in [-0.3, -0.25) is 4.79 Å². The zero-order chi connectivity index (χ0) is 14.5. The minimum absolute atomic E-state index is 0.0191. The maximum atomic E-state index is 12.0. The van der Waals surface area contributed by atoms with E-state index >= 15 is 0 Å². The molecule has 4 nitrogen and oxygen atoms in total. The normalized spacial score (nSPS) is 12.9. The van der Waals surface area contributed by atoms with E-state index in [1.165, 1.54) is 6.08 Å². The fourth-order valence-electron chi connectivity index (χ4n) is 1.32. The Kier molecular flexibility index (Phi) is 6.09. The molecule has 0 bridgehead atoms. The molecule has 0 fully saturated rings. The number of amides is 1. The Hall–Kier alpha value is -1.32. The van der Waals surface area contributed by atoms with Crippen LogP contribution < -0.4 is 5.32 Å². The van der Waals surface area contributed by atoms with Crippen molar-refractivity contribution in [3.63, 3.8) is 0 Å². The summed E-state index contributed by atoms with van der Waals surface area (Å²) in [5.41, 5.74) is 0.338. The molecule has 0 aliphatic rings. The van der Waals surface area contributed by atoms with Gasteiger partial charge in [0.05, 0.1) is 0 Å². The largest absolute Gasteiger partial charge is 0.458 e. The van der Waals surface area contributed by atoms with Crippen LogP contribution in [0.25, 0.3) is 0 Å². The van der Waals surface area contributed by atoms with Gasteiger partial charge in [0.2, 0.25) is 5.91 Å². The number of rotatable bonds is 4. The van der Waals surface area contributed by atoms with Crippen LogP contribution in [0.5, 0.6) is 0 Å². The first kappa shape index (κ1) is 16.7. The lowest BCUT2D eigenvalue weighted by Gasteiger charge is -2.26. The smallest absolute Gasteiger partial charge is 0.329 e. The molecule has 0 radical (unpaired) electrons. The summed E-state index contributed by atoms with van der Waals surface area (Å²) in [6.45, 7) is 12.8. The summed E-state index contributed by atoms with van der Waals surface area (Å²) in [6.07, 6.45) is 1.47. The van der Waals surface area contributed by atoms with Crippen LogP contribution in [-0.4, -0.2) is 23.5 Å². The highest BCUT2D eigenvalue weighted by atomic mass is 16.6. The lowest BCUT2D eigenvalue weighted by Crippen LogP contribution is -2.46. The van der Waals surface area contributed by atoms with Crippen molar-refractivity contribution in [2.45, 2.75) is 60.1 Å². The molecule has 0 rings (SSSR count). The first-order valence-electron chi connectivity index (χ1n) is 6.21. The first-order valence-corrected chi connectivity index (χ1v) is 6.21. The molecule has 0 spiro atoms. The summed E-state index contributed by atoms with van der Waals surface area (Å²) >= 11 is 0. The van der Waals surface area contributed by atoms with E-state index in [-0.39, 0.29) is 11.8 Å². The third-order valence-corrected chi connectivity index (χ3v) is 2.04. The highest BCUT2D eigenvalue weighted by molar-refractivity contribution is 5.92. The molecule has 0 unspecified atom stereocenters. The Morgan fingerprint density at radius 3 is 2.00 bits per heavy atom. The fraction of sp³-hybridized carbons (Fsp3) is 0.714. The van der Waals surface area contributed by atoms with Gasteiger partial charge in [-0.05, 0) is 40.5 Å². The standard InChI is InChI=1S/C14H25NO3/c1-9(2)8-11(16)15-12(10(3)4)13(17)18-14(5,6)7/h8,10,12H,1-7H3,(H,15,16)/t12-/m0/s1. The van der Waals surface area contributed by atoms with Gasteiger partial charge in [0.25, 0.3) is 0 Å². The van der Waals surface area contributed by atoms with Crippen molar-refractivity contribution in [2.75, 3.05) is 0 Å². The number of carbonyl (C=O) groups excluding carboxylic acids is 2. The van der Waals surface area contributed by atoms with Crippen molar-refractivity contribution in [2.24, 2.45) is 5.92 Å². The van der Waals surface area contributed by atoms with Crippen molar-refractivity contribution in [1.82, 2.24) is 5.32 Å². The van der Waals surface area contributed by atoms with Gasteiger partial charge in [-0.25, -0.2) is 4.79 Å². The van der Waals surface area contributed by atoms with E-state index in [0.717, 1.165) is 5.57 Å². The van der Waals surface area contributed by atoms with Crippen LogP contribution in [0.15, 0.2) is 11.6 Å². The minimum atomic E-state index is -0.618. The van der Waals surface area contributed by atoms with Gasteiger partial charge in [0.15, 0.2) is 0 Å². The van der Waals surface area contributed by atoms with E-state index in [1.807, 2.05) is 27.7 Å². The van der Waals surface area contributed by atoms with Crippen LogP contribution in [0.2, 0.25) is 0 Å². The quantitative estimate of drug-likeness (QED) is 0.620. The Bertz CT molecular complexity index is 333. The topological polar surface area (TPSA) is 55.4 Å². The summed E-state index contributed by atoms with van der Waals surface area (Å²) in [6, 6.07) is -0.618. The number of hydrogen-bond donors (Lipinski definition) is 1. The van der Waals surface area contributed by atoms with Crippen molar-refractivity contribution in [1.29, 1.82) is 0 Å².